The highest BCUT2D eigenvalue weighted by atomic mass is 16.5. The minimum atomic E-state index is -0.486. The van der Waals surface area contributed by atoms with Gasteiger partial charge < -0.3 is 10.5 Å². The van der Waals surface area contributed by atoms with E-state index in [0.717, 1.165) is 5.56 Å². The van der Waals surface area contributed by atoms with E-state index < -0.39 is 5.97 Å². The number of hydrogen-bond acceptors (Lipinski definition) is 4. The molecule has 20 heavy (non-hydrogen) atoms. The monoisotopic (exact) mass is 273 g/mol. The van der Waals surface area contributed by atoms with Crippen LogP contribution in [0.25, 0.3) is 11.1 Å². The Kier molecular flexibility index (Phi) is 3.79. The summed E-state index contributed by atoms with van der Waals surface area (Å²) in [7, 11) is 3.03. The second-order valence-corrected chi connectivity index (χ2v) is 5.00. The number of ether oxygens (including phenoxy) is 1. The predicted molar refractivity (Wildman–Crippen MR) is 78.5 cm³/mol. The summed E-state index contributed by atoms with van der Waals surface area (Å²) in [5.41, 5.74) is 8.97. The van der Waals surface area contributed by atoms with Crippen LogP contribution in [-0.2, 0) is 11.8 Å². The van der Waals surface area contributed by atoms with Crippen molar-refractivity contribution in [2.45, 2.75) is 19.8 Å². The smallest absolute Gasteiger partial charge is 0.359 e. The molecule has 0 radical (unpaired) electrons. The Balaban J connectivity index is 2.54. The molecule has 0 unspecified atom stereocenters. The first-order valence-corrected chi connectivity index (χ1v) is 6.46. The van der Waals surface area contributed by atoms with Crippen molar-refractivity contribution in [3.63, 3.8) is 0 Å². The van der Waals surface area contributed by atoms with E-state index in [9.17, 15) is 4.79 Å². The number of aryl methyl sites for hydroxylation is 1. The Hall–Kier alpha value is -2.30. The minimum absolute atomic E-state index is 0.241. The van der Waals surface area contributed by atoms with Gasteiger partial charge in [-0.05, 0) is 17.0 Å². The zero-order chi connectivity index (χ0) is 14.9. The molecule has 2 aromatic rings. The number of rotatable bonds is 3. The summed E-state index contributed by atoms with van der Waals surface area (Å²) in [6.45, 7) is 4.26. The highest BCUT2D eigenvalue weighted by Gasteiger charge is 2.22. The predicted octanol–water partition coefficient (Wildman–Crippen LogP) is 2.58. The van der Waals surface area contributed by atoms with Gasteiger partial charge in [-0.2, -0.15) is 5.10 Å². The van der Waals surface area contributed by atoms with Gasteiger partial charge in [-0.25, -0.2) is 4.79 Å². The van der Waals surface area contributed by atoms with Gasteiger partial charge in [0.1, 0.15) is 5.82 Å². The number of hydrogen-bond donors (Lipinski definition) is 1. The number of aromatic nitrogens is 2. The summed E-state index contributed by atoms with van der Waals surface area (Å²) in [6.07, 6.45) is 0. The maximum atomic E-state index is 11.8. The fourth-order valence-corrected chi connectivity index (χ4v) is 2.10. The van der Waals surface area contributed by atoms with Crippen molar-refractivity contribution in [1.82, 2.24) is 9.78 Å². The molecular formula is C15H19N3O2. The quantitative estimate of drug-likeness (QED) is 0.873. The van der Waals surface area contributed by atoms with E-state index in [4.69, 9.17) is 10.5 Å². The van der Waals surface area contributed by atoms with Crippen LogP contribution in [-0.4, -0.2) is 22.9 Å². The molecule has 0 amide bonds. The molecule has 0 aliphatic heterocycles. The maximum Gasteiger partial charge on any atom is 0.359 e. The highest BCUT2D eigenvalue weighted by molar-refractivity contribution is 5.98. The Labute approximate surface area is 118 Å². The van der Waals surface area contributed by atoms with E-state index in [1.165, 1.54) is 17.4 Å². The summed E-state index contributed by atoms with van der Waals surface area (Å²) in [6, 6.07) is 7.98. The maximum absolute atomic E-state index is 11.8. The van der Waals surface area contributed by atoms with Crippen molar-refractivity contribution in [2.24, 2.45) is 7.05 Å². The molecule has 106 valence electrons. The SMILES string of the molecule is COC(=O)c1nn(C)c(N)c1-c1ccc(C(C)C)cc1. The Morgan fingerprint density at radius 3 is 2.40 bits per heavy atom. The van der Waals surface area contributed by atoms with Crippen molar-refractivity contribution in [3.8, 4) is 11.1 Å². The molecule has 1 aromatic heterocycles. The van der Waals surface area contributed by atoms with Gasteiger partial charge in [0.25, 0.3) is 0 Å². The van der Waals surface area contributed by atoms with E-state index >= 15 is 0 Å². The van der Waals surface area contributed by atoms with Gasteiger partial charge in [0.15, 0.2) is 5.69 Å². The van der Waals surface area contributed by atoms with Gasteiger partial charge in [-0.15, -0.1) is 0 Å². The molecule has 1 heterocycles. The second kappa shape index (κ2) is 5.36. The molecule has 2 N–H and O–H groups in total. The van der Waals surface area contributed by atoms with Gasteiger partial charge in [-0.3, -0.25) is 4.68 Å². The van der Waals surface area contributed by atoms with Crippen LogP contribution in [0.4, 0.5) is 5.82 Å². The first kappa shape index (κ1) is 14.1. The number of carbonyl (C=O) groups is 1. The molecule has 0 saturated heterocycles. The molecule has 0 fully saturated rings. The van der Waals surface area contributed by atoms with Gasteiger partial charge in [0, 0.05) is 7.05 Å². The first-order valence-electron chi connectivity index (χ1n) is 6.46. The molecule has 0 spiro atoms. The van der Waals surface area contributed by atoms with Crippen LogP contribution in [0.5, 0.6) is 0 Å². The van der Waals surface area contributed by atoms with E-state index in [0.29, 0.717) is 17.3 Å². The average Bonchev–Trinajstić information content (AvgIpc) is 2.74. The lowest BCUT2D eigenvalue weighted by Gasteiger charge is -2.07. The lowest BCUT2D eigenvalue weighted by Crippen LogP contribution is -2.04. The molecule has 0 aliphatic carbocycles. The number of methoxy groups -OCH3 is 1. The average molecular weight is 273 g/mol. The molecule has 5 heteroatoms. The number of benzene rings is 1. The van der Waals surface area contributed by atoms with Crippen LogP contribution in [0.3, 0.4) is 0 Å². The van der Waals surface area contributed by atoms with Crippen molar-refractivity contribution >= 4 is 11.8 Å². The van der Waals surface area contributed by atoms with Gasteiger partial charge in [0.2, 0.25) is 0 Å². The summed E-state index contributed by atoms with van der Waals surface area (Å²) >= 11 is 0. The number of nitrogen functional groups attached to an aromatic ring is 1. The fraction of sp³-hybridized carbons (Fsp3) is 0.333. The van der Waals surface area contributed by atoms with Crippen LogP contribution in [0.1, 0.15) is 35.8 Å². The molecule has 0 saturated carbocycles. The molecule has 0 atom stereocenters. The van der Waals surface area contributed by atoms with Crippen LogP contribution < -0.4 is 5.73 Å². The molecule has 5 nitrogen and oxygen atoms in total. The van der Waals surface area contributed by atoms with E-state index in [1.807, 2.05) is 24.3 Å². The van der Waals surface area contributed by atoms with Crippen molar-refractivity contribution < 1.29 is 9.53 Å². The third kappa shape index (κ3) is 2.39. The minimum Gasteiger partial charge on any atom is -0.464 e. The molecule has 1 aromatic carbocycles. The summed E-state index contributed by atoms with van der Waals surface area (Å²) in [5.74, 6) is 0.415. The standard InChI is InChI=1S/C15H19N3O2/c1-9(2)10-5-7-11(8-6-10)12-13(15(19)20-4)17-18(3)14(12)16/h5-9H,16H2,1-4H3. The van der Waals surface area contributed by atoms with E-state index in [-0.39, 0.29) is 5.69 Å². The van der Waals surface area contributed by atoms with Crippen molar-refractivity contribution in [2.75, 3.05) is 12.8 Å². The third-order valence-corrected chi connectivity index (χ3v) is 3.34. The lowest BCUT2D eigenvalue weighted by molar-refractivity contribution is 0.0594. The number of carbonyl (C=O) groups excluding carboxylic acids is 1. The largest absolute Gasteiger partial charge is 0.464 e. The summed E-state index contributed by atoms with van der Waals surface area (Å²) < 4.78 is 6.24. The molecular weight excluding hydrogens is 254 g/mol. The number of nitrogens with zero attached hydrogens (tertiary/aromatic N) is 2. The van der Waals surface area contributed by atoms with Crippen LogP contribution in [0.2, 0.25) is 0 Å². The summed E-state index contributed by atoms with van der Waals surface area (Å²) in [4.78, 5) is 11.8. The Morgan fingerprint density at radius 1 is 1.30 bits per heavy atom. The molecule has 0 bridgehead atoms. The fourth-order valence-electron chi connectivity index (χ4n) is 2.10. The summed E-state index contributed by atoms with van der Waals surface area (Å²) in [5, 5.41) is 4.13. The van der Waals surface area contributed by atoms with Gasteiger partial charge in [0.05, 0.1) is 12.7 Å². The third-order valence-electron chi connectivity index (χ3n) is 3.34. The van der Waals surface area contributed by atoms with Crippen molar-refractivity contribution in [3.05, 3.63) is 35.5 Å². The van der Waals surface area contributed by atoms with Crippen molar-refractivity contribution in [1.29, 1.82) is 0 Å². The Bertz CT molecular complexity index is 627. The highest BCUT2D eigenvalue weighted by Crippen LogP contribution is 2.30. The lowest BCUT2D eigenvalue weighted by atomic mass is 9.98. The molecule has 2 rings (SSSR count). The zero-order valence-corrected chi connectivity index (χ0v) is 12.2. The number of esters is 1. The Morgan fingerprint density at radius 2 is 1.90 bits per heavy atom. The number of anilines is 1. The number of nitrogens with two attached hydrogens (primary N) is 1. The van der Waals surface area contributed by atoms with Crippen LogP contribution >= 0.6 is 0 Å². The second-order valence-electron chi connectivity index (χ2n) is 5.00. The zero-order valence-electron chi connectivity index (χ0n) is 12.2. The normalized spacial score (nSPS) is 10.8. The first-order chi connectivity index (χ1) is 9.45. The van der Waals surface area contributed by atoms with Crippen LogP contribution in [0, 0.1) is 0 Å². The van der Waals surface area contributed by atoms with E-state index in [2.05, 4.69) is 18.9 Å². The van der Waals surface area contributed by atoms with E-state index in [1.54, 1.807) is 7.05 Å². The topological polar surface area (TPSA) is 70.1 Å². The van der Waals surface area contributed by atoms with Crippen LogP contribution in [0.15, 0.2) is 24.3 Å². The van der Waals surface area contributed by atoms with Gasteiger partial charge in [-0.1, -0.05) is 38.1 Å². The molecule has 0 aliphatic rings. The van der Waals surface area contributed by atoms with Gasteiger partial charge >= 0.3 is 5.97 Å².